The number of nitrogens with zero attached hydrogens (tertiary/aromatic N) is 1. The largest absolute Gasteiger partial charge is 0.326 e. The van der Waals surface area contributed by atoms with Gasteiger partial charge in [-0.05, 0) is 85.3 Å². The number of anilines is 1. The quantitative estimate of drug-likeness (QED) is 0.458. The first-order valence-electron chi connectivity index (χ1n) is 11.1. The Bertz CT molecular complexity index is 975. The van der Waals surface area contributed by atoms with Crippen LogP contribution in [-0.2, 0) is 17.6 Å². The minimum Gasteiger partial charge on any atom is -0.326 e. The Morgan fingerprint density at radius 3 is 1.94 bits per heavy atom. The molecule has 1 fully saturated rings. The van der Waals surface area contributed by atoms with Gasteiger partial charge in [0.2, 0.25) is 5.91 Å². The summed E-state index contributed by atoms with van der Waals surface area (Å²) >= 11 is 5.95. The number of hydrogen-bond donors (Lipinski definition) is 1. The molecule has 4 rings (SSSR count). The molecule has 0 unspecified atom stereocenters. The van der Waals surface area contributed by atoms with Crippen molar-refractivity contribution in [3.8, 4) is 11.1 Å². The van der Waals surface area contributed by atoms with Crippen LogP contribution in [0.15, 0.2) is 72.8 Å². The van der Waals surface area contributed by atoms with E-state index in [1.165, 1.54) is 37.1 Å². The van der Waals surface area contributed by atoms with Crippen molar-refractivity contribution < 1.29 is 4.79 Å². The number of benzene rings is 3. The predicted octanol–water partition coefficient (Wildman–Crippen LogP) is 6.22. The van der Waals surface area contributed by atoms with Gasteiger partial charge in [-0.3, -0.25) is 4.79 Å². The average molecular weight is 433 g/mol. The van der Waals surface area contributed by atoms with Crippen LogP contribution in [0.5, 0.6) is 0 Å². The highest BCUT2D eigenvalue weighted by molar-refractivity contribution is 6.30. The number of likely N-dealkylation sites (tertiary alicyclic amines) is 1. The van der Waals surface area contributed by atoms with E-state index in [0.717, 1.165) is 41.2 Å². The van der Waals surface area contributed by atoms with E-state index in [1.54, 1.807) is 0 Å². The van der Waals surface area contributed by atoms with Gasteiger partial charge in [0.05, 0.1) is 0 Å². The van der Waals surface area contributed by atoms with Crippen LogP contribution in [0.1, 0.15) is 30.4 Å². The van der Waals surface area contributed by atoms with Crippen LogP contribution in [0.25, 0.3) is 11.1 Å². The summed E-state index contributed by atoms with van der Waals surface area (Å²) in [6, 6.07) is 24.4. The van der Waals surface area contributed by atoms with Crippen molar-refractivity contribution in [3.05, 3.63) is 88.9 Å². The molecule has 3 aromatic carbocycles. The van der Waals surface area contributed by atoms with Gasteiger partial charge in [-0.1, -0.05) is 60.1 Å². The van der Waals surface area contributed by atoms with Gasteiger partial charge >= 0.3 is 0 Å². The molecule has 0 saturated carbocycles. The molecule has 1 heterocycles. The molecular weight excluding hydrogens is 404 g/mol. The van der Waals surface area contributed by atoms with E-state index in [2.05, 4.69) is 34.5 Å². The highest BCUT2D eigenvalue weighted by atomic mass is 35.5. The summed E-state index contributed by atoms with van der Waals surface area (Å²) in [4.78, 5) is 14.9. The minimum absolute atomic E-state index is 0.0392. The fraction of sp³-hybridized carbons (Fsp3) is 0.296. The summed E-state index contributed by atoms with van der Waals surface area (Å²) in [5.41, 5.74) is 5.60. The lowest BCUT2D eigenvalue weighted by Gasteiger charge is -2.14. The number of nitrogens with one attached hydrogen (secondary N) is 1. The molecule has 1 aliphatic rings. The predicted molar refractivity (Wildman–Crippen MR) is 130 cm³/mol. The van der Waals surface area contributed by atoms with Crippen LogP contribution < -0.4 is 5.32 Å². The minimum atomic E-state index is 0.0392. The Labute approximate surface area is 190 Å². The van der Waals surface area contributed by atoms with E-state index in [9.17, 15) is 4.79 Å². The molecule has 0 radical (unpaired) electrons. The summed E-state index contributed by atoms with van der Waals surface area (Å²) in [7, 11) is 0. The van der Waals surface area contributed by atoms with Gasteiger partial charge in [0, 0.05) is 23.7 Å². The molecule has 0 aliphatic carbocycles. The van der Waals surface area contributed by atoms with Gasteiger partial charge in [-0.2, -0.15) is 0 Å². The second-order valence-electron chi connectivity index (χ2n) is 8.25. The van der Waals surface area contributed by atoms with Crippen molar-refractivity contribution in [1.82, 2.24) is 4.90 Å². The first-order chi connectivity index (χ1) is 15.2. The summed E-state index contributed by atoms with van der Waals surface area (Å²) in [6.07, 6.45) is 5.01. The first-order valence-corrected chi connectivity index (χ1v) is 11.5. The number of rotatable bonds is 8. The van der Waals surface area contributed by atoms with Crippen molar-refractivity contribution in [3.63, 3.8) is 0 Å². The van der Waals surface area contributed by atoms with E-state index in [-0.39, 0.29) is 5.91 Å². The molecule has 0 atom stereocenters. The maximum atomic E-state index is 12.4. The Hall–Kier alpha value is -2.62. The summed E-state index contributed by atoms with van der Waals surface area (Å²) in [5.74, 6) is 0.0392. The Balaban J connectivity index is 1.22. The molecule has 31 heavy (non-hydrogen) atoms. The Morgan fingerprint density at radius 1 is 0.774 bits per heavy atom. The van der Waals surface area contributed by atoms with Gasteiger partial charge in [-0.15, -0.1) is 0 Å². The lowest BCUT2D eigenvalue weighted by atomic mass is 10.0. The Morgan fingerprint density at radius 2 is 1.32 bits per heavy atom. The number of carbonyl (C=O) groups is 1. The second kappa shape index (κ2) is 10.6. The molecule has 1 aliphatic heterocycles. The van der Waals surface area contributed by atoms with Crippen molar-refractivity contribution in [2.45, 2.75) is 32.1 Å². The number of aryl methyl sites for hydroxylation is 1. The maximum absolute atomic E-state index is 12.4. The summed E-state index contributed by atoms with van der Waals surface area (Å²) in [5, 5.41) is 3.72. The van der Waals surface area contributed by atoms with Gasteiger partial charge in [0.15, 0.2) is 0 Å². The van der Waals surface area contributed by atoms with Crippen LogP contribution in [-0.4, -0.2) is 30.4 Å². The number of halogens is 1. The van der Waals surface area contributed by atoms with Crippen LogP contribution in [0.4, 0.5) is 5.69 Å². The van der Waals surface area contributed by atoms with Crippen LogP contribution in [0, 0.1) is 0 Å². The fourth-order valence-electron chi connectivity index (χ4n) is 4.04. The van der Waals surface area contributed by atoms with Gasteiger partial charge in [0.1, 0.15) is 0 Å². The maximum Gasteiger partial charge on any atom is 0.224 e. The van der Waals surface area contributed by atoms with E-state index < -0.39 is 0 Å². The summed E-state index contributed by atoms with van der Waals surface area (Å²) < 4.78 is 0. The monoisotopic (exact) mass is 432 g/mol. The van der Waals surface area contributed by atoms with Crippen LogP contribution >= 0.6 is 11.6 Å². The standard InChI is InChI=1S/C27H29ClN2O/c28-25-12-8-23(9-13-25)24-10-14-26(15-11-24)29-27(31)16-7-21-3-5-22(6-4-21)17-20-30-18-1-2-19-30/h3-6,8-15H,1-2,7,16-20H2,(H,29,31). The number of hydrogen-bond acceptors (Lipinski definition) is 2. The van der Waals surface area contributed by atoms with Crippen LogP contribution in [0.2, 0.25) is 5.02 Å². The second-order valence-corrected chi connectivity index (χ2v) is 8.68. The zero-order chi connectivity index (χ0) is 21.5. The fourth-order valence-corrected chi connectivity index (χ4v) is 4.16. The normalized spacial score (nSPS) is 14.0. The molecule has 160 valence electrons. The van der Waals surface area contributed by atoms with Gasteiger partial charge in [0.25, 0.3) is 0 Å². The van der Waals surface area contributed by atoms with E-state index >= 15 is 0 Å². The average Bonchev–Trinajstić information content (AvgIpc) is 3.32. The lowest BCUT2D eigenvalue weighted by molar-refractivity contribution is -0.116. The zero-order valence-electron chi connectivity index (χ0n) is 17.8. The molecule has 0 spiro atoms. The van der Waals surface area contributed by atoms with Crippen molar-refractivity contribution >= 4 is 23.2 Å². The SMILES string of the molecule is O=C(CCc1ccc(CCN2CCCC2)cc1)Nc1ccc(-c2ccc(Cl)cc2)cc1. The molecule has 3 nitrogen and oxygen atoms in total. The molecule has 1 amide bonds. The highest BCUT2D eigenvalue weighted by Crippen LogP contribution is 2.23. The third-order valence-electron chi connectivity index (χ3n) is 5.93. The van der Waals surface area contributed by atoms with Gasteiger partial charge in [-0.25, -0.2) is 0 Å². The number of carbonyl (C=O) groups excluding carboxylic acids is 1. The topological polar surface area (TPSA) is 32.3 Å². The summed E-state index contributed by atoms with van der Waals surface area (Å²) in [6.45, 7) is 3.65. The van der Waals surface area contributed by atoms with Crippen molar-refractivity contribution in [2.75, 3.05) is 25.0 Å². The third-order valence-corrected chi connectivity index (χ3v) is 6.18. The van der Waals surface area contributed by atoms with E-state index in [1.807, 2.05) is 48.5 Å². The van der Waals surface area contributed by atoms with Crippen molar-refractivity contribution in [1.29, 1.82) is 0 Å². The molecule has 0 aromatic heterocycles. The molecule has 1 N–H and O–H groups in total. The lowest BCUT2D eigenvalue weighted by Crippen LogP contribution is -2.21. The van der Waals surface area contributed by atoms with E-state index in [0.29, 0.717) is 6.42 Å². The zero-order valence-corrected chi connectivity index (χ0v) is 18.6. The highest BCUT2D eigenvalue weighted by Gasteiger charge is 2.11. The molecule has 3 aromatic rings. The van der Waals surface area contributed by atoms with E-state index in [4.69, 9.17) is 11.6 Å². The number of amides is 1. The van der Waals surface area contributed by atoms with Crippen molar-refractivity contribution in [2.24, 2.45) is 0 Å². The molecular formula is C27H29ClN2O. The molecule has 0 bridgehead atoms. The van der Waals surface area contributed by atoms with Crippen LogP contribution in [0.3, 0.4) is 0 Å². The smallest absolute Gasteiger partial charge is 0.224 e. The first kappa shape index (κ1) is 21.6. The molecule has 1 saturated heterocycles. The molecule has 4 heteroatoms. The van der Waals surface area contributed by atoms with Gasteiger partial charge < -0.3 is 10.2 Å². The Kier molecular flexibility index (Phi) is 7.39. The third kappa shape index (κ3) is 6.43.